The average molecular weight is 294 g/mol. The quantitative estimate of drug-likeness (QED) is 0.647. The molecule has 118 valence electrons. The molecule has 0 bridgehead atoms. The second-order valence-electron chi connectivity index (χ2n) is 4.88. The lowest BCUT2D eigenvalue weighted by Crippen LogP contribution is -2.31. The fourth-order valence-corrected chi connectivity index (χ4v) is 1.82. The van der Waals surface area contributed by atoms with Crippen LogP contribution in [0.4, 0.5) is 0 Å². The van der Waals surface area contributed by atoms with Gasteiger partial charge in [-0.25, -0.2) is 0 Å². The molecular formula is C16H26N2O3. The van der Waals surface area contributed by atoms with Crippen LogP contribution in [-0.4, -0.2) is 39.3 Å². The first-order valence-corrected chi connectivity index (χ1v) is 7.39. The maximum atomic E-state index is 11.5. The van der Waals surface area contributed by atoms with Crippen molar-refractivity contribution < 1.29 is 14.3 Å². The fraction of sp³-hybridized carbons (Fsp3) is 0.562. The number of methoxy groups -OCH3 is 1. The standard InChI is InChI=1S/C16H26N2O3/c1-4-9-17-13(2)14-5-7-15(8-6-14)21-12-16(19)18-10-11-20-3/h5-8,13,17H,4,9-12H2,1-3H3,(H,18,19). The van der Waals surface area contributed by atoms with Gasteiger partial charge in [-0.1, -0.05) is 19.1 Å². The van der Waals surface area contributed by atoms with E-state index in [9.17, 15) is 4.79 Å². The van der Waals surface area contributed by atoms with Crippen LogP contribution >= 0.6 is 0 Å². The van der Waals surface area contributed by atoms with Crippen LogP contribution < -0.4 is 15.4 Å². The zero-order valence-corrected chi connectivity index (χ0v) is 13.1. The van der Waals surface area contributed by atoms with Gasteiger partial charge in [-0.15, -0.1) is 0 Å². The molecule has 5 heteroatoms. The summed E-state index contributed by atoms with van der Waals surface area (Å²) in [6.45, 7) is 6.30. The van der Waals surface area contributed by atoms with Crippen molar-refractivity contribution in [1.82, 2.24) is 10.6 Å². The molecule has 0 radical (unpaired) electrons. The minimum absolute atomic E-state index is 0.0205. The first-order valence-electron chi connectivity index (χ1n) is 7.39. The largest absolute Gasteiger partial charge is 0.484 e. The molecule has 5 nitrogen and oxygen atoms in total. The highest BCUT2D eigenvalue weighted by molar-refractivity contribution is 5.77. The maximum absolute atomic E-state index is 11.5. The van der Waals surface area contributed by atoms with Crippen LogP contribution in [-0.2, 0) is 9.53 Å². The number of amides is 1. The number of ether oxygens (including phenoxy) is 2. The molecule has 0 saturated heterocycles. The van der Waals surface area contributed by atoms with Crippen LogP contribution in [0.15, 0.2) is 24.3 Å². The van der Waals surface area contributed by atoms with Gasteiger partial charge in [0.15, 0.2) is 6.61 Å². The number of hydrogen-bond acceptors (Lipinski definition) is 4. The third kappa shape index (κ3) is 7.11. The Hall–Kier alpha value is -1.59. The van der Waals surface area contributed by atoms with Crippen molar-refractivity contribution in [3.8, 4) is 5.75 Å². The molecule has 0 spiro atoms. The highest BCUT2D eigenvalue weighted by Gasteiger charge is 2.05. The number of carbonyl (C=O) groups is 1. The maximum Gasteiger partial charge on any atom is 0.258 e. The van der Waals surface area contributed by atoms with Gasteiger partial charge in [0.2, 0.25) is 0 Å². The lowest BCUT2D eigenvalue weighted by Gasteiger charge is -2.14. The summed E-state index contributed by atoms with van der Waals surface area (Å²) in [5.74, 6) is 0.553. The van der Waals surface area contributed by atoms with Crippen LogP contribution in [0.2, 0.25) is 0 Å². The summed E-state index contributed by atoms with van der Waals surface area (Å²) in [5.41, 5.74) is 1.21. The van der Waals surface area contributed by atoms with Crippen LogP contribution in [0, 0.1) is 0 Å². The predicted molar refractivity (Wildman–Crippen MR) is 83.5 cm³/mol. The number of nitrogens with one attached hydrogen (secondary N) is 2. The highest BCUT2D eigenvalue weighted by Crippen LogP contribution is 2.17. The summed E-state index contributed by atoms with van der Waals surface area (Å²) in [5, 5.41) is 6.14. The van der Waals surface area contributed by atoms with Gasteiger partial charge in [-0.3, -0.25) is 4.79 Å². The van der Waals surface area contributed by atoms with Gasteiger partial charge in [-0.05, 0) is 37.6 Å². The third-order valence-electron chi connectivity index (χ3n) is 3.08. The van der Waals surface area contributed by atoms with Crippen LogP contribution in [0.25, 0.3) is 0 Å². The number of benzene rings is 1. The van der Waals surface area contributed by atoms with E-state index in [1.165, 1.54) is 5.56 Å². The van der Waals surface area contributed by atoms with E-state index in [0.29, 0.717) is 24.9 Å². The smallest absolute Gasteiger partial charge is 0.258 e. The Morgan fingerprint density at radius 2 is 1.95 bits per heavy atom. The summed E-state index contributed by atoms with van der Waals surface area (Å²) >= 11 is 0. The molecule has 0 fully saturated rings. The van der Waals surface area contributed by atoms with Gasteiger partial charge in [0, 0.05) is 19.7 Å². The molecule has 21 heavy (non-hydrogen) atoms. The molecule has 0 saturated carbocycles. The van der Waals surface area contributed by atoms with Crippen molar-refractivity contribution in [3.05, 3.63) is 29.8 Å². The molecule has 0 aromatic heterocycles. The van der Waals surface area contributed by atoms with Gasteiger partial charge >= 0.3 is 0 Å². The molecule has 0 aliphatic heterocycles. The van der Waals surface area contributed by atoms with Crippen molar-refractivity contribution in [2.24, 2.45) is 0 Å². The van der Waals surface area contributed by atoms with Crippen molar-refractivity contribution in [1.29, 1.82) is 0 Å². The summed E-state index contributed by atoms with van der Waals surface area (Å²) in [6, 6.07) is 8.14. The highest BCUT2D eigenvalue weighted by atomic mass is 16.5. The van der Waals surface area contributed by atoms with Crippen molar-refractivity contribution in [2.75, 3.05) is 33.4 Å². The van der Waals surface area contributed by atoms with Gasteiger partial charge in [0.05, 0.1) is 6.61 Å². The van der Waals surface area contributed by atoms with E-state index in [4.69, 9.17) is 9.47 Å². The van der Waals surface area contributed by atoms with Crippen LogP contribution in [0.1, 0.15) is 31.9 Å². The molecule has 1 aromatic carbocycles. The first-order chi connectivity index (χ1) is 10.2. The third-order valence-corrected chi connectivity index (χ3v) is 3.08. The summed E-state index contributed by atoms with van der Waals surface area (Å²) < 4.78 is 10.3. The van der Waals surface area contributed by atoms with E-state index in [1.807, 2.05) is 24.3 Å². The summed E-state index contributed by atoms with van der Waals surface area (Å²) in [7, 11) is 1.60. The SMILES string of the molecule is CCCNC(C)c1ccc(OCC(=O)NCCOC)cc1. The van der Waals surface area contributed by atoms with Crippen molar-refractivity contribution in [3.63, 3.8) is 0 Å². The predicted octanol–water partition coefficient (Wildman–Crippen LogP) is 1.89. The molecule has 0 heterocycles. The second kappa shape index (κ2) is 10.2. The van der Waals surface area contributed by atoms with E-state index < -0.39 is 0 Å². The Kier molecular flexibility index (Phi) is 8.47. The van der Waals surface area contributed by atoms with E-state index >= 15 is 0 Å². The minimum atomic E-state index is -0.144. The molecule has 1 rings (SSSR count). The van der Waals surface area contributed by atoms with Gasteiger partial charge in [0.1, 0.15) is 5.75 Å². The van der Waals surface area contributed by atoms with Crippen LogP contribution in [0.3, 0.4) is 0 Å². The Balaban J connectivity index is 2.35. The molecular weight excluding hydrogens is 268 g/mol. The minimum Gasteiger partial charge on any atom is -0.484 e. The molecule has 0 aliphatic rings. The Morgan fingerprint density at radius 3 is 2.57 bits per heavy atom. The first kappa shape index (κ1) is 17.5. The van der Waals surface area contributed by atoms with E-state index in [1.54, 1.807) is 7.11 Å². The normalized spacial score (nSPS) is 12.0. The monoisotopic (exact) mass is 294 g/mol. The lowest BCUT2D eigenvalue weighted by molar-refractivity contribution is -0.123. The summed E-state index contributed by atoms with van der Waals surface area (Å²) in [4.78, 5) is 11.5. The lowest BCUT2D eigenvalue weighted by atomic mass is 10.1. The number of hydrogen-bond donors (Lipinski definition) is 2. The zero-order chi connectivity index (χ0) is 15.5. The molecule has 0 aliphatic carbocycles. The molecule has 1 amide bonds. The Labute approximate surface area is 127 Å². The number of carbonyl (C=O) groups excluding carboxylic acids is 1. The molecule has 1 aromatic rings. The van der Waals surface area contributed by atoms with Gasteiger partial charge in [-0.2, -0.15) is 0 Å². The number of rotatable bonds is 10. The van der Waals surface area contributed by atoms with Crippen molar-refractivity contribution >= 4 is 5.91 Å². The van der Waals surface area contributed by atoms with E-state index in [-0.39, 0.29) is 12.5 Å². The van der Waals surface area contributed by atoms with E-state index in [0.717, 1.165) is 13.0 Å². The van der Waals surface area contributed by atoms with E-state index in [2.05, 4.69) is 24.5 Å². The van der Waals surface area contributed by atoms with Gasteiger partial charge in [0.25, 0.3) is 5.91 Å². The zero-order valence-electron chi connectivity index (χ0n) is 13.1. The Bertz CT molecular complexity index is 406. The molecule has 2 N–H and O–H groups in total. The molecule has 1 unspecified atom stereocenters. The van der Waals surface area contributed by atoms with Crippen LogP contribution in [0.5, 0.6) is 5.75 Å². The Morgan fingerprint density at radius 1 is 1.24 bits per heavy atom. The second-order valence-corrected chi connectivity index (χ2v) is 4.88. The summed E-state index contributed by atoms with van der Waals surface area (Å²) in [6.07, 6.45) is 1.11. The molecule has 1 atom stereocenters. The topological polar surface area (TPSA) is 59.6 Å². The van der Waals surface area contributed by atoms with Gasteiger partial charge < -0.3 is 20.1 Å². The van der Waals surface area contributed by atoms with Crippen molar-refractivity contribution in [2.45, 2.75) is 26.3 Å². The average Bonchev–Trinajstić information content (AvgIpc) is 2.51. The fourth-order valence-electron chi connectivity index (χ4n) is 1.82.